The fourth-order valence-electron chi connectivity index (χ4n) is 2.92. The quantitative estimate of drug-likeness (QED) is 0.173. The van der Waals surface area contributed by atoms with Crippen LogP contribution in [0.2, 0.25) is 0 Å². The van der Waals surface area contributed by atoms with Gasteiger partial charge in [0.2, 0.25) is 0 Å². The molecule has 0 amide bonds. The van der Waals surface area contributed by atoms with Gasteiger partial charge in [-0.2, -0.15) is 0 Å². The van der Waals surface area contributed by atoms with Gasteiger partial charge >= 0.3 is 0 Å². The van der Waals surface area contributed by atoms with Crippen LogP contribution < -0.4 is 18.9 Å². The minimum Gasteiger partial charge on any atom is -0.493 e. The molecule has 174 valence electrons. The van der Waals surface area contributed by atoms with Gasteiger partial charge in [0.15, 0.2) is 11.5 Å². The van der Waals surface area contributed by atoms with Gasteiger partial charge in [-0.15, -0.1) is 0 Å². The SMILES string of the molecule is CCCCOc1cc(/C=C/c2ccc(OC)c(OCCCC)c2)cc(OCC=C(C)C)c1. The van der Waals surface area contributed by atoms with E-state index in [0.29, 0.717) is 19.8 Å². The normalized spacial score (nSPS) is 10.8. The summed E-state index contributed by atoms with van der Waals surface area (Å²) in [7, 11) is 1.66. The standard InChI is InChI=1S/C28H38O4/c1-6-8-15-30-25-18-24(19-26(21-25)31-17-14-22(3)4)11-10-23-12-13-27(29-5)28(20-23)32-16-9-7-2/h10-14,18-21H,6-9,15-17H2,1-5H3/b11-10+. The molecule has 0 heterocycles. The van der Waals surface area contributed by atoms with E-state index >= 15 is 0 Å². The molecule has 0 aliphatic carbocycles. The van der Waals surface area contributed by atoms with Crippen molar-refractivity contribution < 1.29 is 18.9 Å². The van der Waals surface area contributed by atoms with E-state index in [2.05, 4.69) is 45.9 Å². The molecule has 0 spiro atoms. The van der Waals surface area contributed by atoms with Crippen LogP contribution in [0.15, 0.2) is 48.0 Å². The number of allylic oxidation sites excluding steroid dienone is 1. The molecule has 2 aromatic rings. The Hall–Kier alpha value is -2.88. The third-order valence-corrected chi connectivity index (χ3v) is 4.82. The highest BCUT2D eigenvalue weighted by Crippen LogP contribution is 2.30. The fraction of sp³-hybridized carbons (Fsp3) is 0.429. The number of ether oxygens (including phenoxy) is 4. The molecule has 0 aliphatic rings. The van der Waals surface area contributed by atoms with Crippen LogP contribution >= 0.6 is 0 Å². The number of methoxy groups -OCH3 is 1. The lowest BCUT2D eigenvalue weighted by molar-refractivity contribution is 0.288. The van der Waals surface area contributed by atoms with Crippen molar-refractivity contribution in [2.24, 2.45) is 0 Å². The lowest BCUT2D eigenvalue weighted by atomic mass is 10.1. The van der Waals surface area contributed by atoms with E-state index in [1.165, 1.54) is 5.57 Å². The molecule has 0 aromatic heterocycles. The second-order valence-electron chi connectivity index (χ2n) is 7.98. The minimum atomic E-state index is 0.542. The summed E-state index contributed by atoms with van der Waals surface area (Å²) in [4.78, 5) is 0. The Morgan fingerprint density at radius 3 is 2.06 bits per heavy atom. The summed E-state index contributed by atoms with van der Waals surface area (Å²) in [5.74, 6) is 3.14. The topological polar surface area (TPSA) is 36.9 Å². The van der Waals surface area contributed by atoms with Crippen molar-refractivity contribution in [2.75, 3.05) is 26.9 Å². The zero-order valence-electron chi connectivity index (χ0n) is 20.3. The average Bonchev–Trinajstić information content (AvgIpc) is 2.78. The first kappa shape index (κ1) is 25.4. The summed E-state index contributed by atoms with van der Waals surface area (Å²) < 4.78 is 23.2. The Morgan fingerprint density at radius 2 is 1.41 bits per heavy atom. The first-order chi connectivity index (χ1) is 15.5. The van der Waals surface area contributed by atoms with Gasteiger partial charge in [0.25, 0.3) is 0 Å². The second kappa shape index (κ2) is 14.2. The van der Waals surface area contributed by atoms with Gasteiger partial charge < -0.3 is 18.9 Å². The maximum Gasteiger partial charge on any atom is 0.161 e. The van der Waals surface area contributed by atoms with E-state index in [1.807, 2.05) is 36.4 Å². The van der Waals surface area contributed by atoms with Gasteiger partial charge in [-0.3, -0.25) is 0 Å². The van der Waals surface area contributed by atoms with Gasteiger partial charge in [0, 0.05) is 6.07 Å². The summed E-state index contributed by atoms with van der Waals surface area (Å²) in [6.45, 7) is 10.4. The highest BCUT2D eigenvalue weighted by Gasteiger charge is 2.06. The summed E-state index contributed by atoms with van der Waals surface area (Å²) in [5, 5.41) is 0. The van der Waals surface area contributed by atoms with Crippen molar-refractivity contribution in [3.8, 4) is 23.0 Å². The maximum atomic E-state index is 5.95. The second-order valence-corrected chi connectivity index (χ2v) is 7.98. The largest absolute Gasteiger partial charge is 0.493 e. The molecule has 4 heteroatoms. The van der Waals surface area contributed by atoms with Crippen LogP contribution in [-0.2, 0) is 0 Å². The molecule has 0 saturated carbocycles. The number of benzene rings is 2. The van der Waals surface area contributed by atoms with Crippen molar-refractivity contribution in [3.05, 3.63) is 59.2 Å². The predicted octanol–water partition coefficient (Wildman–Crippen LogP) is 7.57. The van der Waals surface area contributed by atoms with Crippen LogP contribution in [0, 0.1) is 0 Å². The highest BCUT2D eigenvalue weighted by atomic mass is 16.5. The first-order valence-electron chi connectivity index (χ1n) is 11.6. The van der Waals surface area contributed by atoms with Crippen molar-refractivity contribution in [3.63, 3.8) is 0 Å². The van der Waals surface area contributed by atoms with E-state index in [0.717, 1.165) is 59.8 Å². The Kier molecular flexibility index (Phi) is 11.3. The number of hydrogen-bond acceptors (Lipinski definition) is 4. The Balaban J connectivity index is 2.21. The van der Waals surface area contributed by atoms with Gasteiger partial charge in [-0.1, -0.05) is 50.5 Å². The molecular weight excluding hydrogens is 400 g/mol. The smallest absolute Gasteiger partial charge is 0.161 e. The van der Waals surface area contributed by atoms with Gasteiger partial charge in [-0.05, 0) is 68.2 Å². The molecule has 0 saturated heterocycles. The molecular formula is C28H38O4. The predicted molar refractivity (Wildman–Crippen MR) is 134 cm³/mol. The Labute approximate surface area is 193 Å². The molecule has 0 aliphatic heterocycles. The molecule has 0 N–H and O–H groups in total. The van der Waals surface area contributed by atoms with Crippen molar-refractivity contribution in [1.82, 2.24) is 0 Å². The van der Waals surface area contributed by atoms with Crippen LogP contribution in [0.4, 0.5) is 0 Å². The summed E-state index contributed by atoms with van der Waals surface area (Å²) in [5.41, 5.74) is 3.30. The van der Waals surface area contributed by atoms with E-state index in [1.54, 1.807) is 7.11 Å². The zero-order chi connectivity index (χ0) is 23.2. The lowest BCUT2D eigenvalue weighted by Crippen LogP contribution is -1.99. The summed E-state index contributed by atoms with van der Waals surface area (Å²) in [6, 6.07) is 12.0. The Morgan fingerprint density at radius 1 is 0.750 bits per heavy atom. The van der Waals surface area contributed by atoms with E-state index in [4.69, 9.17) is 18.9 Å². The minimum absolute atomic E-state index is 0.542. The molecule has 0 radical (unpaired) electrons. The third-order valence-electron chi connectivity index (χ3n) is 4.82. The molecule has 2 rings (SSSR count). The van der Waals surface area contributed by atoms with E-state index < -0.39 is 0 Å². The molecule has 0 unspecified atom stereocenters. The first-order valence-corrected chi connectivity index (χ1v) is 11.6. The fourth-order valence-corrected chi connectivity index (χ4v) is 2.92. The zero-order valence-corrected chi connectivity index (χ0v) is 20.3. The van der Waals surface area contributed by atoms with Crippen LogP contribution in [0.5, 0.6) is 23.0 Å². The van der Waals surface area contributed by atoms with Crippen molar-refractivity contribution in [1.29, 1.82) is 0 Å². The summed E-state index contributed by atoms with van der Waals surface area (Å²) >= 11 is 0. The molecule has 0 fully saturated rings. The number of rotatable bonds is 14. The molecule has 0 bridgehead atoms. The highest BCUT2D eigenvalue weighted by molar-refractivity contribution is 5.72. The van der Waals surface area contributed by atoms with Crippen molar-refractivity contribution in [2.45, 2.75) is 53.4 Å². The molecule has 0 atom stereocenters. The number of hydrogen-bond donors (Lipinski definition) is 0. The van der Waals surface area contributed by atoms with Crippen LogP contribution in [-0.4, -0.2) is 26.9 Å². The molecule has 4 nitrogen and oxygen atoms in total. The van der Waals surface area contributed by atoms with E-state index in [9.17, 15) is 0 Å². The van der Waals surface area contributed by atoms with Crippen LogP contribution in [0.3, 0.4) is 0 Å². The third kappa shape index (κ3) is 9.09. The summed E-state index contributed by atoms with van der Waals surface area (Å²) in [6.07, 6.45) is 10.4. The van der Waals surface area contributed by atoms with Crippen LogP contribution in [0.25, 0.3) is 12.2 Å². The van der Waals surface area contributed by atoms with Gasteiger partial charge in [0.05, 0.1) is 20.3 Å². The van der Waals surface area contributed by atoms with Gasteiger partial charge in [0.1, 0.15) is 18.1 Å². The molecule has 32 heavy (non-hydrogen) atoms. The average molecular weight is 439 g/mol. The van der Waals surface area contributed by atoms with Gasteiger partial charge in [-0.25, -0.2) is 0 Å². The van der Waals surface area contributed by atoms with E-state index in [-0.39, 0.29) is 0 Å². The lowest BCUT2D eigenvalue weighted by Gasteiger charge is -2.11. The maximum absolute atomic E-state index is 5.95. The Bertz CT molecular complexity index is 879. The van der Waals surface area contributed by atoms with Crippen molar-refractivity contribution >= 4 is 12.2 Å². The van der Waals surface area contributed by atoms with Crippen LogP contribution in [0.1, 0.15) is 64.5 Å². The monoisotopic (exact) mass is 438 g/mol. The molecule has 2 aromatic carbocycles. The number of unbranched alkanes of at least 4 members (excludes halogenated alkanes) is 2.